The molecule has 2 aliphatic heterocycles. The van der Waals surface area contributed by atoms with Crippen molar-refractivity contribution in [1.29, 1.82) is 0 Å². The van der Waals surface area contributed by atoms with Crippen molar-refractivity contribution < 1.29 is 0 Å². The molecule has 0 saturated carbocycles. The average molecular weight is 660 g/mol. The first-order valence-corrected chi connectivity index (χ1v) is 18.1. The molecule has 12 rings (SSSR count). The van der Waals surface area contributed by atoms with Crippen LogP contribution in [0.25, 0.3) is 77.2 Å². The van der Waals surface area contributed by atoms with Gasteiger partial charge in [0.25, 0.3) is 0 Å². The van der Waals surface area contributed by atoms with Gasteiger partial charge in [-0.05, 0) is 76.6 Å². The van der Waals surface area contributed by atoms with Crippen LogP contribution in [0, 0.1) is 0 Å². The SMILES string of the molecule is c1ccc(-n2c3ccccc3c3cc4c(cc32)c2ccc3c(c2n4-c2ccccc2)-c2ccccc2B2c4ccccc4-c4ccccc4N23)cc1. The Morgan fingerprint density at radius 2 is 0.904 bits per heavy atom. The van der Waals surface area contributed by atoms with Crippen LogP contribution in [0.4, 0.5) is 11.4 Å². The van der Waals surface area contributed by atoms with Gasteiger partial charge in [0.15, 0.2) is 0 Å². The normalized spacial score (nSPS) is 12.9. The molecule has 52 heavy (non-hydrogen) atoms. The van der Waals surface area contributed by atoms with E-state index < -0.39 is 0 Å². The Kier molecular flexibility index (Phi) is 5.58. The highest BCUT2D eigenvalue weighted by molar-refractivity contribution is 6.92. The number of benzene rings is 8. The van der Waals surface area contributed by atoms with E-state index in [0.717, 1.165) is 5.69 Å². The van der Waals surface area contributed by atoms with Crippen molar-refractivity contribution in [2.24, 2.45) is 0 Å². The third-order valence-corrected chi connectivity index (χ3v) is 11.5. The third-order valence-electron chi connectivity index (χ3n) is 11.5. The number of hydrogen-bond acceptors (Lipinski definition) is 1. The lowest BCUT2D eigenvalue weighted by Crippen LogP contribution is -2.59. The molecule has 10 aromatic rings. The van der Waals surface area contributed by atoms with E-state index in [1.807, 2.05) is 0 Å². The van der Waals surface area contributed by atoms with Crippen LogP contribution in [0.3, 0.4) is 0 Å². The Bertz CT molecular complexity index is 3080. The van der Waals surface area contributed by atoms with Crippen LogP contribution < -0.4 is 15.7 Å². The molecular weight excluding hydrogens is 629 g/mol. The van der Waals surface area contributed by atoms with Crippen molar-refractivity contribution in [3.63, 3.8) is 0 Å². The van der Waals surface area contributed by atoms with E-state index in [1.165, 1.54) is 93.9 Å². The summed E-state index contributed by atoms with van der Waals surface area (Å²) in [6, 6.07) is 67.2. The van der Waals surface area contributed by atoms with Crippen molar-refractivity contribution >= 4 is 72.8 Å². The van der Waals surface area contributed by atoms with Gasteiger partial charge in [-0.1, -0.05) is 127 Å². The molecule has 0 unspecified atom stereocenters. The molecular formula is C48H30BN3. The topological polar surface area (TPSA) is 13.1 Å². The molecule has 4 heteroatoms. The lowest BCUT2D eigenvalue weighted by molar-refractivity contribution is 1.17. The monoisotopic (exact) mass is 659 g/mol. The fourth-order valence-corrected chi connectivity index (χ4v) is 9.43. The predicted octanol–water partition coefficient (Wildman–Crippen LogP) is 10.8. The second kappa shape index (κ2) is 10.4. The maximum Gasteiger partial charge on any atom is 0.329 e. The van der Waals surface area contributed by atoms with E-state index in [0.29, 0.717) is 0 Å². The molecule has 0 N–H and O–H groups in total. The van der Waals surface area contributed by atoms with E-state index in [9.17, 15) is 0 Å². The van der Waals surface area contributed by atoms with E-state index in [2.05, 4.69) is 196 Å². The van der Waals surface area contributed by atoms with Crippen molar-refractivity contribution in [2.75, 3.05) is 4.81 Å². The molecule has 4 heterocycles. The zero-order chi connectivity index (χ0) is 33.9. The van der Waals surface area contributed by atoms with Gasteiger partial charge in [0.1, 0.15) is 0 Å². The largest absolute Gasteiger partial charge is 0.376 e. The summed E-state index contributed by atoms with van der Waals surface area (Å²) < 4.78 is 4.95. The van der Waals surface area contributed by atoms with E-state index in [-0.39, 0.29) is 6.85 Å². The van der Waals surface area contributed by atoms with Gasteiger partial charge in [-0.3, -0.25) is 0 Å². The lowest BCUT2D eigenvalue weighted by atomic mass is 9.43. The van der Waals surface area contributed by atoms with E-state index >= 15 is 0 Å². The van der Waals surface area contributed by atoms with Crippen molar-refractivity contribution in [1.82, 2.24) is 9.13 Å². The molecule has 0 bridgehead atoms. The summed E-state index contributed by atoms with van der Waals surface area (Å²) >= 11 is 0. The van der Waals surface area contributed by atoms with E-state index in [1.54, 1.807) is 0 Å². The summed E-state index contributed by atoms with van der Waals surface area (Å²) in [4.78, 5) is 2.61. The molecule has 0 saturated heterocycles. The van der Waals surface area contributed by atoms with Crippen LogP contribution in [-0.4, -0.2) is 16.0 Å². The van der Waals surface area contributed by atoms with Gasteiger partial charge in [0.2, 0.25) is 0 Å². The molecule has 0 spiro atoms. The van der Waals surface area contributed by atoms with Gasteiger partial charge in [0.05, 0.1) is 22.1 Å². The first kappa shape index (κ1) is 28.0. The summed E-state index contributed by atoms with van der Waals surface area (Å²) in [5, 5.41) is 5.01. The second-order valence-electron chi connectivity index (χ2n) is 14.1. The van der Waals surface area contributed by atoms with Crippen molar-refractivity contribution in [2.45, 2.75) is 0 Å². The smallest absolute Gasteiger partial charge is 0.329 e. The molecule has 8 aromatic carbocycles. The molecule has 2 aromatic heterocycles. The average Bonchev–Trinajstić information content (AvgIpc) is 3.72. The lowest BCUT2D eigenvalue weighted by Gasteiger charge is -2.43. The number of fused-ring (bicyclic) bond motifs is 18. The molecule has 0 radical (unpaired) electrons. The van der Waals surface area contributed by atoms with Gasteiger partial charge in [-0.15, -0.1) is 0 Å². The fraction of sp³-hybridized carbons (Fsp3) is 0. The van der Waals surface area contributed by atoms with Crippen LogP contribution in [0.5, 0.6) is 0 Å². The predicted molar refractivity (Wildman–Crippen MR) is 220 cm³/mol. The minimum absolute atomic E-state index is 0.0709. The van der Waals surface area contributed by atoms with Gasteiger partial charge in [-0.25, -0.2) is 0 Å². The Hall–Kier alpha value is -6.78. The van der Waals surface area contributed by atoms with Crippen molar-refractivity contribution in [3.8, 4) is 33.6 Å². The Morgan fingerprint density at radius 1 is 0.346 bits per heavy atom. The van der Waals surface area contributed by atoms with Crippen molar-refractivity contribution in [3.05, 3.63) is 182 Å². The highest BCUT2D eigenvalue weighted by atomic mass is 15.1. The minimum atomic E-state index is 0.0709. The highest BCUT2D eigenvalue weighted by Gasteiger charge is 2.43. The van der Waals surface area contributed by atoms with Gasteiger partial charge in [-0.2, -0.15) is 0 Å². The summed E-state index contributed by atoms with van der Waals surface area (Å²) in [6.45, 7) is 0.0709. The molecule has 2 aliphatic rings. The zero-order valence-electron chi connectivity index (χ0n) is 28.2. The number of hydrogen-bond donors (Lipinski definition) is 0. The standard InChI is InChI=1S/C48H30BN3/c1-3-15-31(16-4-1)50-42-25-13-9-21-35(42)38-29-46-39(30-45(38)50)36-27-28-44-47(48(36)51(46)32-17-5-2-6-18-32)37-22-8-12-24-41(37)49-40-23-11-7-19-33(40)34-20-10-14-26-43(34)52(44)49/h1-30H. The maximum absolute atomic E-state index is 2.61. The Balaban J connectivity index is 1.26. The number of aromatic nitrogens is 2. The maximum atomic E-state index is 2.61. The molecule has 3 nitrogen and oxygen atoms in total. The van der Waals surface area contributed by atoms with Gasteiger partial charge >= 0.3 is 6.85 Å². The molecule has 0 fully saturated rings. The van der Waals surface area contributed by atoms with E-state index in [4.69, 9.17) is 0 Å². The number of rotatable bonds is 2. The van der Waals surface area contributed by atoms with Gasteiger partial charge < -0.3 is 13.9 Å². The third kappa shape index (κ3) is 3.60. The summed E-state index contributed by atoms with van der Waals surface area (Å²) in [6.07, 6.45) is 0. The Morgan fingerprint density at radius 3 is 1.67 bits per heavy atom. The summed E-state index contributed by atoms with van der Waals surface area (Å²) in [5.74, 6) is 0. The summed E-state index contributed by atoms with van der Waals surface area (Å²) in [5.41, 5.74) is 17.5. The first-order valence-electron chi connectivity index (χ1n) is 18.1. The molecule has 240 valence electrons. The molecule has 0 aliphatic carbocycles. The van der Waals surface area contributed by atoms with Crippen LogP contribution >= 0.6 is 0 Å². The molecule has 0 amide bonds. The number of nitrogens with zero attached hydrogens (tertiary/aromatic N) is 3. The van der Waals surface area contributed by atoms with Gasteiger partial charge in [0, 0.05) is 55.4 Å². The first-order chi connectivity index (χ1) is 25.8. The second-order valence-corrected chi connectivity index (χ2v) is 14.1. The van der Waals surface area contributed by atoms with Crippen LogP contribution in [0.2, 0.25) is 0 Å². The fourth-order valence-electron chi connectivity index (χ4n) is 9.43. The number of para-hydroxylation sites is 4. The van der Waals surface area contributed by atoms with Crippen LogP contribution in [-0.2, 0) is 0 Å². The highest BCUT2D eigenvalue weighted by Crippen LogP contribution is 2.50. The van der Waals surface area contributed by atoms with Crippen LogP contribution in [0.1, 0.15) is 0 Å². The zero-order valence-corrected chi connectivity index (χ0v) is 28.2. The quantitative estimate of drug-likeness (QED) is 0.168. The molecule has 0 atom stereocenters. The van der Waals surface area contributed by atoms with Crippen LogP contribution in [0.15, 0.2) is 182 Å². The Labute approximate surface area is 301 Å². The number of anilines is 2. The minimum Gasteiger partial charge on any atom is -0.376 e. The summed E-state index contributed by atoms with van der Waals surface area (Å²) in [7, 11) is 0.